The third kappa shape index (κ3) is 2.53. The van der Waals surface area contributed by atoms with Crippen molar-refractivity contribution in [2.45, 2.75) is 51.0 Å². The van der Waals surface area contributed by atoms with Crippen LogP contribution in [0.25, 0.3) is 0 Å². The van der Waals surface area contributed by atoms with Crippen LogP contribution < -0.4 is 0 Å². The maximum absolute atomic E-state index is 9.91. The van der Waals surface area contributed by atoms with Crippen LogP contribution in [-0.2, 0) is 18.9 Å². The third-order valence-electron chi connectivity index (χ3n) is 3.06. The van der Waals surface area contributed by atoms with Crippen molar-refractivity contribution in [2.75, 3.05) is 13.9 Å². The predicted octanol–water partition coefficient (Wildman–Crippen LogP) is 0.816. The summed E-state index contributed by atoms with van der Waals surface area (Å²) < 4.78 is 21.8. The van der Waals surface area contributed by atoms with Gasteiger partial charge >= 0.3 is 0 Å². The van der Waals surface area contributed by atoms with E-state index in [1.807, 2.05) is 20.8 Å². The Morgan fingerprint density at radius 2 is 2.18 bits per heavy atom. The van der Waals surface area contributed by atoms with Gasteiger partial charge < -0.3 is 24.1 Å². The van der Waals surface area contributed by atoms with E-state index in [0.29, 0.717) is 0 Å². The molecule has 1 aliphatic heterocycles. The number of rotatable bonds is 4. The molecule has 1 saturated heterocycles. The molecule has 1 heterocycles. The maximum Gasteiger partial charge on any atom is 0.164 e. The Kier molecular flexibility index (Phi) is 3.56. The zero-order valence-electron chi connectivity index (χ0n) is 10.7. The first-order chi connectivity index (χ1) is 7.94. The minimum atomic E-state index is -0.656. The van der Waals surface area contributed by atoms with Crippen LogP contribution in [0.4, 0.5) is 0 Å². The molecule has 5 nitrogen and oxygen atoms in total. The minimum Gasteiger partial charge on any atom is -0.386 e. The molecule has 0 aromatic carbocycles. The van der Waals surface area contributed by atoms with E-state index in [-0.39, 0.29) is 25.1 Å². The fourth-order valence-electron chi connectivity index (χ4n) is 2.32. The quantitative estimate of drug-likeness (QED) is 0.586. The molecular weight excluding hydrogens is 224 g/mol. The lowest BCUT2D eigenvalue weighted by molar-refractivity contribution is -0.154. The first kappa shape index (κ1) is 13.0. The number of aliphatic hydroxyl groups is 1. The van der Waals surface area contributed by atoms with Crippen molar-refractivity contribution in [3.63, 3.8) is 0 Å². The molecule has 2 rings (SSSR count). The van der Waals surface area contributed by atoms with E-state index in [9.17, 15) is 5.11 Å². The zero-order valence-corrected chi connectivity index (χ0v) is 10.7. The lowest BCUT2D eigenvalue weighted by Crippen LogP contribution is -2.30. The molecule has 0 aromatic rings. The number of methoxy groups -OCH3 is 1. The van der Waals surface area contributed by atoms with Gasteiger partial charge in [-0.05, 0) is 32.4 Å². The minimum absolute atomic E-state index is 0.155. The summed E-state index contributed by atoms with van der Waals surface area (Å²) in [6, 6.07) is 0. The molecule has 17 heavy (non-hydrogen) atoms. The van der Waals surface area contributed by atoms with Gasteiger partial charge in [-0.2, -0.15) is 0 Å². The van der Waals surface area contributed by atoms with E-state index >= 15 is 0 Å². The molecule has 2 aliphatic rings. The molecule has 0 radical (unpaired) electrons. The van der Waals surface area contributed by atoms with Gasteiger partial charge in [0.1, 0.15) is 25.1 Å². The highest BCUT2D eigenvalue weighted by molar-refractivity contribution is 5.27. The number of aliphatic hydroxyl groups excluding tert-OH is 1. The van der Waals surface area contributed by atoms with Crippen molar-refractivity contribution in [2.24, 2.45) is 0 Å². The van der Waals surface area contributed by atoms with Gasteiger partial charge in [0.15, 0.2) is 5.79 Å². The van der Waals surface area contributed by atoms with E-state index in [1.54, 1.807) is 13.2 Å². The topological polar surface area (TPSA) is 57.2 Å². The van der Waals surface area contributed by atoms with Crippen LogP contribution in [-0.4, -0.2) is 49.2 Å². The fraction of sp³-hybridized carbons (Fsp3) is 0.833. The molecule has 1 aliphatic carbocycles. The number of hydrogen-bond donors (Lipinski definition) is 1. The SMILES string of the molecule is COCO[C@H](C)C1=C[C@H](O)[C@@H]2OC(C)(C)O[C@H]12. The Morgan fingerprint density at radius 3 is 2.82 bits per heavy atom. The average Bonchev–Trinajstić information content (AvgIpc) is 2.71. The van der Waals surface area contributed by atoms with Gasteiger partial charge in [-0.15, -0.1) is 0 Å². The van der Waals surface area contributed by atoms with Crippen LogP contribution in [0.1, 0.15) is 20.8 Å². The summed E-state index contributed by atoms with van der Waals surface area (Å²) >= 11 is 0. The Balaban J connectivity index is 2.06. The second-order valence-corrected chi connectivity index (χ2v) is 4.89. The molecular formula is C12H20O5. The van der Waals surface area contributed by atoms with Gasteiger partial charge in [0, 0.05) is 7.11 Å². The predicted molar refractivity (Wildman–Crippen MR) is 60.3 cm³/mol. The lowest BCUT2D eigenvalue weighted by atomic mass is 10.1. The van der Waals surface area contributed by atoms with Gasteiger partial charge in [0.05, 0.1) is 6.10 Å². The van der Waals surface area contributed by atoms with Crippen LogP contribution in [0.15, 0.2) is 11.6 Å². The highest BCUT2D eigenvalue weighted by Crippen LogP contribution is 2.39. The number of fused-ring (bicyclic) bond motifs is 1. The molecule has 4 atom stereocenters. The third-order valence-corrected chi connectivity index (χ3v) is 3.06. The fourth-order valence-corrected chi connectivity index (χ4v) is 2.32. The van der Waals surface area contributed by atoms with Crippen LogP contribution in [0.2, 0.25) is 0 Å². The van der Waals surface area contributed by atoms with E-state index in [0.717, 1.165) is 5.57 Å². The standard InChI is InChI=1S/C12H20O5/c1-7(15-6-14-4)8-5-9(13)11-10(8)16-12(2,3)17-11/h5,7,9-11,13H,6H2,1-4H3/t7-,9+,10-,11+/m1/s1. The maximum atomic E-state index is 9.91. The Hall–Kier alpha value is -0.460. The highest BCUT2D eigenvalue weighted by atomic mass is 16.8. The molecule has 1 N–H and O–H groups in total. The Morgan fingerprint density at radius 1 is 1.47 bits per heavy atom. The molecule has 0 bridgehead atoms. The van der Waals surface area contributed by atoms with E-state index < -0.39 is 11.9 Å². The molecule has 0 aromatic heterocycles. The molecule has 0 spiro atoms. The summed E-state index contributed by atoms with van der Waals surface area (Å²) in [7, 11) is 1.58. The summed E-state index contributed by atoms with van der Waals surface area (Å²) in [4.78, 5) is 0. The van der Waals surface area contributed by atoms with E-state index in [2.05, 4.69) is 0 Å². The monoisotopic (exact) mass is 244 g/mol. The van der Waals surface area contributed by atoms with Gasteiger partial charge in [-0.1, -0.05) is 0 Å². The van der Waals surface area contributed by atoms with Crippen molar-refractivity contribution in [3.8, 4) is 0 Å². The van der Waals surface area contributed by atoms with E-state index in [1.165, 1.54) is 0 Å². The van der Waals surface area contributed by atoms with Gasteiger partial charge in [-0.25, -0.2) is 0 Å². The van der Waals surface area contributed by atoms with Gasteiger partial charge in [-0.3, -0.25) is 0 Å². The summed E-state index contributed by atoms with van der Waals surface area (Å²) in [5.74, 6) is -0.656. The summed E-state index contributed by atoms with van der Waals surface area (Å²) in [5.41, 5.74) is 0.921. The first-order valence-electron chi connectivity index (χ1n) is 5.80. The van der Waals surface area contributed by atoms with Crippen molar-refractivity contribution < 1.29 is 24.1 Å². The molecule has 0 saturated carbocycles. The van der Waals surface area contributed by atoms with Crippen LogP contribution >= 0.6 is 0 Å². The van der Waals surface area contributed by atoms with Crippen molar-refractivity contribution in [1.82, 2.24) is 0 Å². The average molecular weight is 244 g/mol. The highest BCUT2D eigenvalue weighted by Gasteiger charge is 2.50. The molecule has 1 fully saturated rings. The lowest BCUT2D eigenvalue weighted by Gasteiger charge is -2.21. The van der Waals surface area contributed by atoms with Gasteiger partial charge in [0.2, 0.25) is 0 Å². The summed E-state index contributed by atoms with van der Waals surface area (Å²) in [6.07, 6.45) is 0.410. The smallest absolute Gasteiger partial charge is 0.164 e. The van der Waals surface area contributed by atoms with Gasteiger partial charge in [0.25, 0.3) is 0 Å². The number of ether oxygens (including phenoxy) is 4. The van der Waals surface area contributed by atoms with Crippen molar-refractivity contribution in [3.05, 3.63) is 11.6 Å². The largest absolute Gasteiger partial charge is 0.386 e. The molecule has 5 heteroatoms. The Labute approximate surface area is 101 Å². The summed E-state index contributed by atoms with van der Waals surface area (Å²) in [6.45, 7) is 5.82. The number of hydrogen-bond acceptors (Lipinski definition) is 5. The Bertz CT molecular complexity index is 312. The van der Waals surface area contributed by atoms with Crippen LogP contribution in [0.5, 0.6) is 0 Å². The molecule has 0 unspecified atom stereocenters. The zero-order chi connectivity index (χ0) is 12.6. The van der Waals surface area contributed by atoms with Crippen molar-refractivity contribution in [1.29, 1.82) is 0 Å². The van der Waals surface area contributed by atoms with Crippen LogP contribution in [0, 0.1) is 0 Å². The summed E-state index contributed by atoms with van der Waals surface area (Å²) in [5, 5.41) is 9.91. The molecule has 0 amide bonds. The molecule has 98 valence electrons. The van der Waals surface area contributed by atoms with E-state index in [4.69, 9.17) is 18.9 Å². The second-order valence-electron chi connectivity index (χ2n) is 4.89. The first-order valence-corrected chi connectivity index (χ1v) is 5.80. The second kappa shape index (κ2) is 4.66. The van der Waals surface area contributed by atoms with Crippen molar-refractivity contribution >= 4 is 0 Å². The normalized spacial score (nSPS) is 36.8. The van der Waals surface area contributed by atoms with Crippen LogP contribution in [0.3, 0.4) is 0 Å².